The van der Waals surface area contributed by atoms with Gasteiger partial charge in [0.15, 0.2) is 6.35 Å². The Morgan fingerprint density at radius 3 is 2.60 bits per heavy atom. The predicted octanol–water partition coefficient (Wildman–Crippen LogP) is -0.520. The second-order valence-corrected chi connectivity index (χ2v) is 2.17. The van der Waals surface area contributed by atoms with E-state index in [-0.39, 0.29) is 5.91 Å². The first-order chi connectivity index (χ1) is 4.59. The fourth-order valence-electron chi connectivity index (χ4n) is 0.538. The highest BCUT2D eigenvalue weighted by atomic mass is 16.3. The highest BCUT2D eigenvalue weighted by molar-refractivity contribution is 5.75. The van der Waals surface area contributed by atoms with Crippen LogP contribution in [0.15, 0.2) is 0 Å². The Kier molecular flexibility index (Phi) is 3.99. The van der Waals surface area contributed by atoms with Crippen molar-refractivity contribution in [3.05, 3.63) is 0 Å². The number of hydrogen-bond acceptors (Lipinski definition) is 3. The molecule has 0 saturated carbocycles. The monoisotopic (exact) mass is 146 g/mol. The molecule has 0 aromatic heterocycles. The molecule has 0 aromatic carbocycles. The van der Waals surface area contributed by atoms with E-state index in [4.69, 9.17) is 10.8 Å². The van der Waals surface area contributed by atoms with Gasteiger partial charge in [0.05, 0.1) is 0 Å². The van der Waals surface area contributed by atoms with Crippen molar-refractivity contribution in [1.29, 1.82) is 0 Å². The number of aliphatic hydroxyl groups excluding tert-OH is 1. The molecular formula is C6H14N2O2. The molecule has 0 spiro atoms. The number of hydrogen-bond donors (Lipinski definition) is 2. The molecule has 4 nitrogen and oxygen atoms in total. The topological polar surface area (TPSA) is 66.6 Å². The number of rotatable bonds is 3. The van der Waals surface area contributed by atoms with Crippen LogP contribution in [0.4, 0.5) is 0 Å². The zero-order valence-electron chi connectivity index (χ0n) is 6.37. The summed E-state index contributed by atoms with van der Waals surface area (Å²) in [7, 11) is 1.47. The van der Waals surface area contributed by atoms with E-state index >= 15 is 0 Å². The molecule has 0 fully saturated rings. The molecule has 0 rings (SSSR count). The van der Waals surface area contributed by atoms with E-state index in [1.807, 2.05) is 6.92 Å². The van der Waals surface area contributed by atoms with E-state index in [2.05, 4.69) is 0 Å². The zero-order chi connectivity index (χ0) is 8.15. The van der Waals surface area contributed by atoms with Gasteiger partial charge in [-0.3, -0.25) is 10.5 Å². The Labute approximate surface area is 60.6 Å². The van der Waals surface area contributed by atoms with E-state index in [1.54, 1.807) is 0 Å². The molecule has 0 aliphatic carbocycles. The number of carbonyl (C=O) groups is 1. The largest absolute Gasteiger partial charge is 0.361 e. The van der Waals surface area contributed by atoms with Crippen molar-refractivity contribution < 1.29 is 9.90 Å². The quantitative estimate of drug-likeness (QED) is 0.526. The van der Waals surface area contributed by atoms with Gasteiger partial charge in [-0.1, -0.05) is 6.92 Å². The lowest BCUT2D eigenvalue weighted by molar-refractivity contribution is -0.138. The third-order valence-electron chi connectivity index (χ3n) is 1.25. The van der Waals surface area contributed by atoms with Gasteiger partial charge in [0.1, 0.15) is 0 Å². The molecule has 60 valence electrons. The summed E-state index contributed by atoms with van der Waals surface area (Å²) in [5, 5.41) is 8.70. The minimum absolute atomic E-state index is 0.127. The summed E-state index contributed by atoms with van der Waals surface area (Å²) < 4.78 is 0. The molecule has 4 heteroatoms. The van der Waals surface area contributed by atoms with Gasteiger partial charge in [-0.15, -0.1) is 0 Å². The molecule has 0 bridgehead atoms. The fraction of sp³-hybridized carbons (Fsp3) is 0.833. The average Bonchev–Trinajstić information content (AvgIpc) is 1.87. The summed E-state index contributed by atoms with van der Waals surface area (Å²) in [6, 6.07) is 0. The lowest BCUT2D eigenvalue weighted by Crippen LogP contribution is -2.42. The van der Waals surface area contributed by atoms with Gasteiger partial charge < -0.3 is 10.0 Å². The van der Waals surface area contributed by atoms with Crippen molar-refractivity contribution >= 4 is 5.91 Å². The van der Waals surface area contributed by atoms with E-state index in [0.29, 0.717) is 6.42 Å². The number of carbonyl (C=O) groups excluding carboxylic acids is 1. The minimum Gasteiger partial charge on any atom is -0.361 e. The van der Waals surface area contributed by atoms with Crippen LogP contribution in [0.2, 0.25) is 0 Å². The van der Waals surface area contributed by atoms with Gasteiger partial charge in [-0.25, -0.2) is 0 Å². The first-order valence-electron chi connectivity index (χ1n) is 3.29. The van der Waals surface area contributed by atoms with Crippen LogP contribution in [0, 0.1) is 0 Å². The molecule has 0 radical (unpaired) electrons. The smallest absolute Gasteiger partial charge is 0.225 e. The molecule has 3 N–H and O–H groups in total. The van der Waals surface area contributed by atoms with Crippen LogP contribution < -0.4 is 5.73 Å². The second kappa shape index (κ2) is 4.24. The van der Waals surface area contributed by atoms with Crippen LogP contribution in [0.25, 0.3) is 0 Å². The number of amides is 1. The fourth-order valence-corrected chi connectivity index (χ4v) is 0.538. The zero-order valence-corrected chi connectivity index (χ0v) is 6.37. The van der Waals surface area contributed by atoms with Gasteiger partial charge >= 0.3 is 0 Å². The highest BCUT2D eigenvalue weighted by Crippen LogP contribution is 1.94. The molecule has 1 unspecified atom stereocenters. The van der Waals surface area contributed by atoms with Gasteiger partial charge in [0.2, 0.25) is 5.91 Å². The molecular weight excluding hydrogens is 132 g/mol. The average molecular weight is 146 g/mol. The van der Waals surface area contributed by atoms with E-state index in [0.717, 1.165) is 11.3 Å². The Morgan fingerprint density at radius 2 is 2.30 bits per heavy atom. The highest BCUT2D eigenvalue weighted by Gasteiger charge is 2.10. The lowest BCUT2D eigenvalue weighted by Gasteiger charge is -2.19. The summed E-state index contributed by atoms with van der Waals surface area (Å²) in [6.45, 7) is 1.90. The standard InChI is InChI=1S/C6H14N2O2/c1-3-4-5(9)8(2)6(7)10/h6,10H,3-4,7H2,1-2H3. The summed E-state index contributed by atoms with van der Waals surface area (Å²) >= 11 is 0. The van der Waals surface area contributed by atoms with Crippen molar-refractivity contribution in [3.8, 4) is 0 Å². The van der Waals surface area contributed by atoms with Crippen LogP contribution in [-0.2, 0) is 4.79 Å². The molecule has 0 aromatic rings. The normalized spacial score (nSPS) is 12.8. The first-order valence-corrected chi connectivity index (χ1v) is 3.29. The molecule has 1 amide bonds. The maximum atomic E-state index is 10.9. The summed E-state index contributed by atoms with van der Waals surface area (Å²) in [5.41, 5.74) is 5.03. The van der Waals surface area contributed by atoms with Crippen LogP contribution in [0.5, 0.6) is 0 Å². The number of nitrogens with two attached hydrogens (primary N) is 1. The third kappa shape index (κ3) is 2.80. The molecule has 0 heterocycles. The molecule has 0 saturated heterocycles. The Balaban J connectivity index is 3.71. The summed E-state index contributed by atoms with van der Waals surface area (Å²) in [6.07, 6.45) is 0.0414. The number of aliphatic hydroxyl groups is 1. The van der Waals surface area contributed by atoms with Gasteiger partial charge in [0, 0.05) is 13.5 Å². The summed E-state index contributed by atoms with van der Waals surface area (Å²) in [4.78, 5) is 12.0. The maximum absolute atomic E-state index is 10.9. The third-order valence-corrected chi connectivity index (χ3v) is 1.25. The van der Waals surface area contributed by atoms with Crippen LogP contribution in [0.3, 0.4) is 0 Å². The molecule has 10 heavy (non-hydrogen) atoms. The molecule has 0 aliphatic rings. The predicted molar refractivity (Wildman–Crippen MR) is 37.9 cm³/mol. The van der Waals surface area contributed by atoms with Gasteiger partial charge in [-0.05, 0) is 6.42 Å². The van der Waals surface area contributed by atoms with Crippen molar-refractivity contribution in [2.45, 2.75) is 26.1 Å². The van der Waals surface area contributed by atoms with Gasteiger partial charge in [-0.2, -0.15) is 0 Å². The van der Waals surface area contributed by atoms with Crippen molar-refractivity contribution in [3.63, 3.8) is 0 Å². The lowest BCUT2D eigenvalue weighted by atomic mass is 10.3. The van der Waals surface area contributed by atoms with Crippen LogP contribution in [0.1, 0.15) is 19.8 Å². The van der Waals surface area contributed by atoms with Crippen LogP contribution >= 0.6 is 0 Å². The Bertz CT molecular complexity index is 114. The minimum atomic E-state index is -1.17. The maximum Gasteiger partial charge on any atom is 0.225 e. The second-order valence-electron chi connectivity index (χ2n) is 2.17. The first kappa shape index (κ1) is 9.39. The Morgan fingerprint density at radius 1 is 1.80 bits per heavy atom. The SMILES string of the molecule is CCCC(=O)N(C)C(N)O. The van der Waals surface area contributed by atoms with Crippen molar-refractivity contribution in [2.75, 3.05) is 7.05 Å². The van der Waals surface area contributed by atoms with E-state index < -0.39 is 6.35 Å². The molecule has 0 aliphatic heterocycles. The van der Waals surface area contributed by atoms with Crippen LogP contribution in [-0.4, -0.2) is 29.3 Å². The van der Waals surface area contributed by atoms with Crippen molar-refractivity contribution in [1.82, 2.24) is 4.90 Å². The summed E-state index contributed by atoms with van der Waals surface area (Å²) in [5.74, 6) is -0.127. The van der Waals surface area contributed by atoms with E-state index in [9.17, 15) is 4.79 Å². The molecule has 1 atom stereocenters. The van der Waals surface area contributed by atoms with Crippen molar-refractivity contribution in [2.24, 2.45) is 5.73 Å². The van der Waals surface area contributed by atoms with Gasteiger partial charge in [0.25, 0.3) is 0 Å². The van der Waals surface area contributed by atoms with E-state index in [1.165, 1.54) is 7.05 Å². The Hall–Kier alpha value is -0.610. The number of nitrogens with zero attached hydrogens (tertiary/aromatic N) is 1.